The van der Waals surface area contributed by atoms with Gasteiger partial charge < -0.3 is 9.64 Å². The molecule has 0 spiro atoms. The van der Waals surface area contributed by atoms with Gasteiger partial charge in [0, 0.05) is 19.5 Å². The molecule has 0 bridgehead atoms. The summed E-state index contributed by atoms with van der Waals surface area (Å²) in [6, 6.07) is 7.88. The molecule has 0 aromatic heterocycles. The van der Waals surface area contributed by atoms with Crippen molar-refractivity contribution in [2.24, 2.45) is 11.8 Å². The van der Waals surface area contributed by atoms with Gasteiger partial charge in [0.2, 0.25) is 17.7 Å². The minimum Gasteiger partial charge on any atom is -0.497 e. The Kier molecular flexibility index (Phi) is 5.38. The van der Waals surface area contributed by atoms with Gasteiger partial charge in [0.15, 0.2) is 0 Å². The average molecular weight is 384 g/mol. The van der Waals surface area contributed by atoms with Gasteiger partial charge in [-0.3, -0.25) is 19.3 Å². The maximum absolute atomic E-state index is 12.9. The normalized spacial score (nSPS) is 27.2. The van der Waals surface area contributed by atoms with Crippen molar-refractivity contribution in [1.82, 2.24) is 9.80 Å². The molecule has 3 atom stereocenters. The Morgan fingerprint density at radius 2 is 1.79 bits per heavy atom. The summed E-state index contributed by atoms with van der Waals surface area (Å²) in [5.74, 6) is 0.385. The molecule has 1 saturated carbocycles. The van der Waals surface area contributed by atoms with E-state index < -0.39 is 0 Å². The Morgan fingerprint density at radius 3 is 2.46 bits per heavy atom. The van der Waals surface area contributed by atoms with Gasteiger partial charge in [-0.15, -0.1) is 0 Å². The molecular formula is C22H28N2O4. The molecule has 3 aliphatic rings. The molecule has 28 heavy (non-hydrogen) atoms. The minimum atomic E-state index is -0.146. The van der Waals surface area contributed by atoms with Crippen molar-refractivity contribution in [3.63, 3.8) is 0 Å². The van der Waals surface area contributed by atoms with Crippen LogP contribution < -0.4 is 4.74 Å². The van der Waals surface area contributed by atoms with E-state index in [0.717, 1.165) is 49.8 Å². The van der Waals surface area contributed by atoms with E-state index >= 15 is 0 Å². The van der Waals surface area contributed by atoms with Gasteiger partial charge in [-0.2, -0.15) is 0 Å². The number of benzene rings is 1. The van der Waals surface area contributed by atoms with E-state index in [4.69, 9.17) is 4.74 Å². The summed E-state index contributed by atoms with van der Waals surface area (Å²) >= 11 is 0. The van der Waals surface area contributed by atoms with Crippen LogP contribution >= 0.6 is 0 Å². The zero-order valence-corrected chi connectivity index (χ0v) is 16.4. The number of carbonyl (C=O) groups is 3. The number of nitrogens with zero attached hydrogens (tertiary/aromatic N) is 2. The lowest BCUT2D eigenvalue weighted by Gasteiger charge is -2.26. The molecule has 4 rings (SSSR count). The Balaban J connectivity index is 1.40. The largest absolute Gasteiger partial charge is 0.497 e. The maximum atomic E-state index is 12.9. The summed E-state index contributed by atoms with van der Waals surface area (Å²) in [6.45, 7) is 0.929. The van der Waals surface area contributed by atoms with Crippen LogP contribution in [0.5, 0.6) is 5.75 Å². The summed E-state index contributed by atoms with van der Waals surface area (Å²) in [5.41, 5.74) is 1.07. The highest BCUT2D eigenvalue weighted by molar-refractivity contribution is 6.05. The summed E-state index contributed by atoms with van der Waals surface area (Å²) in [7, 11) is 1.64. The molecule has 1 aliphatic carbocycles. The fraction of sp³-hybridized carbons (Fsp3) is 0.591. The molecule has 1 aromatic carbocycles. The first-order valence-electron chi connectivity index (χ1n) is 10.4. The van der Waals surface area contributed by atoms with Gasteiger partial charge in [-0.25, -0.2) is 0 Å². The predicted octanol–water partition coefficient (Wildman–Crippen LogP) is 2.92. The van der Waals surface area contributed by atoms with E-state index in [1.165, 1.54) is 4.90 Å². The first-order chi connectivity index (χ1) is 13.6. The standard InChI is InChI=1S/C22H28N2O4/c1-28-16-7-4-6-15(14-16)19-10-5-12-23(19)20(25)11-13-24-21(26)17-8-2-3-9-18(17)22(24)27/h4,6-7,14,17-19H,2-3,5,8-13H2,1H3. The number of imide groups is 1. The zero-order chi connectivity index (χ0) is 19.7. The number of methoxy groups -OCH3 is 1. The molecule has 2 aliphatic heterocycles. The van der Waals surface area contributed by atoms with Gasteiger partial charge in [0.05, 0.1) is 25.0 Å². The molecule has 150 valence electrons. The van der Waals surface area contributed by atoms with Crippen LogP contribution in [0.25, 0.3) is 0 Å². The molecule has 0 N–H and O–H groups in total. The first kappa shape index (κ1) is 19.0. The van der Waals surface area contributed by atoms with Gasteiger partial charge in [-0.05, 0) is 43.4 Å². The van der Waals surface area contributed by atoms with E-state index in [9.17, 15) is 14.4 Å². The Labute approximate surface area is 165 Å². The molecule has 0 radical (unpaired) electrons. The van der Waals surface area contributed by atoms with Crippen LogP contribution in [0.4, 0.5) is 0 Å². The summed E-state index contributed by atoms with van der Waals surface area (Å²) in [5, 5.41) is 0. The van der Waals surface area contributed by atoms with E-state index in [1.807, 2.05) is 29.2 Å². The maximum Gasteiger partial charge on any atom is 0.233 e. The van der Waals surface area contributed by atoms with Crippen LogP contribution in [0.3, 0.4) is 0 Å². The zero-order valence-electron chi connectivity index (χ0n) is 16.4. The molecular weight excluding hydrogens is 356 g/mol. The molecule has 3 amide bonds. The van der Waals surface area contributed by atoms with E-state index in [1.54, 1.807) is 7.11 Å². The highest BCUT2D eigenvalue weighted by atomic mass is 16.5. The number of hydrogen-bond acceptors (Lipinski definition) is 4. The Morgan fingerprint density at radius 1 is 1.07 bits per heavy atom. The smallest absolute Gasteiger partial charge is 0.233 e. The second-order valence-electron chi connectivity index (χ2n) is 8.10. The number of fused-ring (bicyclic) bond motifs is 1. The van der Waals surface area contributed by atoms with Crippen LogP contribution in [0.2, 0.25) is 0 Å². The van der Waals surface area contributed by atoms with Gasteiger partial charge in [-0.1, -0.05) is 25.0 Å². The van der Waals surface area contributed by atoms with Gasteiger partial charge >= 0.3 is 0 Å². The number of hydrogen-bond donors (Lipinski definition) is 0. The third kappa shape index (κ3) is 3.40. The molecule has 2 saturated heterocycles. The summed E-state index contributed by atoms with van der Waals surface area (Å²) < 4.78 is 5.31. The summed E-state index contributed by atoms with van der Waals surface area (Å²) in [6.07, 6.45) is 5.74. The quantitative estimate of drug-likeness (QED) is 0.732. The molecule has 3 fully saturated rings. The number of amides is 3. The van der Waals surface area contributed by atoms with Crippen LogP contribution in [0, 0.1) is 11.8 Å². The fourth-order valence-electron chi connectivity index (χ4n) is 5.06. The SMILES string of the molecule is COc1cccc(C2CCCN2C(=O)CCN2C(=O)C3CCCCC3C2=O)c1. The van der Waals surface area contributed by atoms with Crippen LogP contribution in [-0.4, -0.2) is 47.7 Å². The third-order valence-electron chi connectivity index (χ3n) is 6.53. The van der Waals surface area contributed by atoms with Crippen molar-refractivity contribution < 1.29 is 19.1 Å². The van der Waals surface area contributed by atoms with Crippen molar-refractivity contribution in [2.45, 2.75) is 51.0 Å². The lowest BCUT2D eigenvalue weighted by Crippen LogP contribution is -2.37. The van der Waals surface area contributed by atoms with Crippen molar-refractivity contribution in [3.8, 4) is 5.75 Å². The third-order valence-corrected chi connectivity index (χ3v) is 6.53. The lowest BCUT2D eigenvalue weighted by molar-refractivity contribution is -0.141. The van der Waals surface area contributed by atoms with Crippen molar-refractivity contribution in [2.75, 3.05) is 20.2 Å². The highest BCUT2D eigenvalue weighted by Crippen LogP contribution is 2.38. The van der Waals surface area contributed by atoms with Gasteiger partial charge in [0.1, 0.15) is 5.75 Å². The predicted molar refractivity (Wildman–Crippen MR) is 103 cm³/mol. The number of ether oxygens (including phenoxy) is 1. The second-order valence-corrected chi connectivity index (χ2v) is 8.10. The Bertz CT molecular complexity index is 754. The van der Waals surface area contributed by atoms with Crippen LogP contribution in [0.1, 0.15) is 56.6 Å². The molecule has 2 heterocycles. The lowest BCUT2D eigenvalue weighted by atomic mass is 9.81. The van der Waals surface area contributed by atoms with E-state index in [2.05, 4.69) is 0 Å². The monoisotopic (exact) mass is 384 g/mol. The Hall–Kier alpha value is -2.37. The molecule has 1 aromatic rings. The molecule has 6 nitrogen and oxygen atoms in total. The van der Waals surface area contributed by atoms with Crippen molar-refractivity contribution >= 4 is 17.7 Å². The number of carbonyl (C=O) groups excluding carboxylic acids is 3. The first-order valence-corrected chi connectivity index (χ1v) is 10.4. The van der Waals surface area contributed by atoms with Crippen LogP contribution in [0.15, 0.2) is 24.3 Å². The number of likely N-dealkylation sites (tertiary alicyclic amines) is 2. The highest BCUT2D eigenvalue weighted by Gasteiger charge is 2.48. The summed E-state index contributed by atoms with van der Waals surface area (Å²) in [4.78, 5) is 41.4. The van der Waals surface area contributed by atoms with Crippen LogP contribution in [-0.2, 0) is 14.4 Å². The van der Waals surface area contributed by atoms with Crippen molar-refractivity contribution in [3.05, 3.63) is 29.8 Å². The van der Waals surface area contributed by atoms with E-state index in [0.29, 0.717) is 6.54 Å². The van der Waals surface area contributed by atoms with Crippen molar-refractivity contribution in [1.29, 1.82) is 0 Å². The van der Waals surface area contributed by atoms with Gasteiger partial charge in [0.25, 0.3) is 0 Å². The average Bonchev–Trinajstić information content (AvgIpc) is 3.31. The topological polar surface area (TPSA) is 66.9 Å². The molecule has 6 heteroatoms. The molecule has 3 unspecified atom stereocenters. The van der Waals surface area contributed by atoms with E-state index in [-0.39, 0.29) is 48.6 Å². The minimum absolute atomic E-state index is 0.0146. The second kappa shape index (κ2) is 7.94. The number of rotatable bonds is 5. The fourth-order valence-corrected chi connectivity index (χ4v) is 5.06.